The first-order chi connectivity index (χ1) is 14.4. The van der Waals surface area contributed by atoms with Crippen molar-refractivity contribution in [1.82, 2.24) is 0 Å². The van der Waals surface area contributed by atoms with Gasteiger partial charge in [-0.15, -0.1) is 0 Å². The SMILES string of the molecule is CCCCCC1CCC(c2cc(F)c(OCc3cc(F)c(F)c(F)c3)c(F)c2)OC1. The molecule has 1 aliphatic rings. The van der Waals surface area contributed by atoms with E-state index in [1.165, 1.54) is 6.42 Å². The minimum atomic E-state index is -1.61. The monoisotopic (exact) mass is 428 g/mol. The molecule has 2 aromatic rings. The number of hydrogen-bond acceptors (Lipinski definition) is 2. The van der Waals surface area contributed by atoms with E-state index in [0.29, 0.717) is 24.5 Å². The van der Waals surface area contributed by atoms with Gasteiger partial charge in [-0.2, -0.15) is 0 Å². The van der Waals surface area contributed by atoms with E-state index in [2.05, 4.69) is 6.92 Å². The van der Waals surface area contributed by atoms with Gasteiger partial charge in [0.15, 0.2) is 34.8 Å². The summed E-state index contributed by atoms with van der Waals surface area (Å²) < 4.78 is 79.3. The molecule has 1 aliphatic heterocycles. The molecule has 30 heavy (non-hydrogen) atoms. The molecule has 0 saturated carbocycles. The lowest BCUT2D eigenvalue weighted by Crippen LogP contribution is -2.21. The summed E-state index contributed by atoms with van der Waals surface area (Å²) in [5.41, 5.74) is 0.308. The highest BCUT2D eigenvalue weighted by Crippen LogP contribution is 2.35. The van der Waals surface area contributed by atoms with Crippen LogP contribution in [0.2, 0.25) is 0 Å². The number of hydrogen-bond donors (Lipinski definition) is 0. The highest BCUT2D eigenvalue weighted by molar-refractivity contribution is 5.33. The molecule has 2 nitrogen and oxygen atoms in total. The summed E-state index contributed by atoms with van der Waals surface area (Å²) in [4.78, 5) is 0. The zero-order valence-corrected chi connectivity index (χ0v) is 16.8. The van der Waals surface area contributed by atoms with Crippen molar-refractivity contribution in [2.45, 2.75) is 58.2 Å². The number of ether oxygens (including phenoxy) is 2. The maximum absolute atomic E-state index is 14.4. The predicted molar refractivity (Wildman–Crippen MR) is 103 cm³/mol. The fraction of sp³-hybridized carbons (Fsp3) is 0.478. The van der Waals surface area contributed by atoms with Gasteiger partial charge >= 0.3 is 0 Å². The first-order valence-electron chi connectivity index (χ1n) is 10.3. The minimum absolute atomic E-state index is 0.0843. The zero-order chi connectivity index (χ0) is 21.7. The van der Waals surface area contributed by atoms with Crippen LogP contribution in [0.3, 0.4) is 0 Å². The Balaban J connectivity index is 1.62. The van der Waals surface area contributed by atoms with Gasteiger partial charge in [-0.3, -0.25) is 0 Å². The summed E-state index contributed by atoms with van der Waals surface area (Å²) in [6, 6.07) is 3.75. The number of benzene rings is 2. The maximum atomic E-state index is 14.4. The van der Waals surface area contributed by atoms with E-state index >= 15 is 0 Å². The summed E-state index contributed by atoms with van der Waals surface area (Å²) in [6.07, 6.45) is 5.85. The van der Waals surface area contributed by atoms with Crippen LogP contribution in [0, 0.1) is 35.0 Å². The van der Waals surface area contributed by atoms with Crippen molar-refractivity contribution in [3.63, 3.8) is 0 Å². The van der Waals surface area contributed by atoms with Gasteiger partial charge in [-0.1, -0.05) is 26.2 Å². The summed E-state index contributed by atoms with van der Waals surface area (Å²) in [6.45, 7) is 2.21. The van der Waals surface area contributed by atoms with Crippen molar-refractivity contribution in [1.29, 1.82) is 0 Å². The van der Waals surface area contributed by atoms with Crippen LogP contribution < -0.4 is 4.74 Å². The van der Waals surface area contributed by atoms with Crippen molar-refractivity contribution in [3.05, 3.63) is 64.5 Å². The van der Waals surface area contributed by atoms with E-state index in [-0.39, 0.29) is 11.7 Å². The van der Waals surface area contributed by atoms with E-state index in [9.17, 15) is 22.0 Å². The van der Waals surface area contributed by atoms with Gasteiger partial charge in [0.1, 0.15) is 6.61 Å². The molecule has 0 amide bonds. The van der Waals surface area contributed by atoms with Gasteiger partial charge in [0.05, 0.1) is 12.7 Å². The molecule has 0 radical (unpaired) electrons. The van der Waals surface area contributed by atoms with Crippen LogP contribution in [0.5, 0.6) is 5.75 Å². The third-order valence-electron chi connectivity index (χ3n) is 5.41. The average molecular weight is 428 g/mol. The quantitative estimate of drug-likeness (QED) is 0.256. The Bertz CT molecular complexity index is 817. The zero-order valence-electron chi connectivity index (χ0n) is 16.8. The molecule has 0 aliphatic carbocycles. The molecule has 1 heterocycles. The molecule has 2 unspecified atom stereocenters. The highest BCUT2D eigenvalue weighted by Gasteiger charge is 2.25. The Morgan fingerprint density at radius 1 is 0.900 bits per heavy atom. The standard InChI is InChI=1S/C23H25F5O2/c1-2-3-4-5-14-6-7-21(29-12-14)16-10-19(26)23(20(27)11-16)30-13-15-8-17(24)22(28)18(25)9-15/h8-11,14,21H,2-7,12-13H2,1H3. The Labute approximate surface area is 173 Å². The van der Waals surface area contributed by atoms with Crippen molar-refractivity contribution < 1.29 is 31.4 Å². The molecule has 7 heteroatoms. The van der Waals surface area contributed by atoms with Gasteiger partial charge in [-0.25, -0.2) is 22.0 Å². The largest absolute Gasteiger partial charge is 0.483 e. The van der Waals surface area contributed by atoms with Gasteiger partial charge < -0.3 is 9.47 Å². The van der Waals surface area contributed by atoms with Gasteiger partial charge in [-0.05, 0) is 60.6 Å². The predicted octanol–water partition coefficient (Wildman–Crippen LogP) is 7.01. The Kier molecular flexibility index (Phi) is 7.69. The first-order valence-corrected chi connectivity index (χ1v) is 10.3. The molecular weight excluding hydrogens is 403 g/mol. The van der Waals surface area contributed by atoms with Crippen LogP contribution in [0.1, 0.15) is 62.7 Å². The summed E-state index contributed by atoms with van der Waals surface area (Å²) in [5.74, 6) is -6.44. The first kappa shape index (κ1) is 22.5. The lowest BCUT2D eigenvalue weighted by atomic mass is 9.91. The van der Waals surface area contributed by atoms with Crippen LogP contribution in [0.15, 0.2) is 24.3 Å². The molecule has 0 N–H and O–H groups in total. The molecule has 1 saturated heterocycles. The van der Waals surface area contributed by atoms with Gasteiger partial charge in [0, 0.05) is 0 Å². The van der Waals surface area contributed by atoms with Crippen LogP contribution in [-0.2, 0) is 11.3 Å². The van der Waals surface area contributed by atoms with Crippen LogP contribution in [0.25, 0.3) is 0 Å². The number of rotatable bonds is 8. The van der Waals surface area contributed by atoms with Crippen LogP contribution in [0.4, 0.5) is 22.0 Å². The molecule has 2 aromatic carbocycles. The fourth-order valence-electron chi connectivity index (χ4n) is 3.73. The van der Waals surface area contributed by atoms with Crippen LogP contribution in [-0.4, -0.2) is 6.61 Å². The second-order valence-electron chi connectivity index (χ2n) is 7.74. The second-order valence-corrected chi connectivity index (χ2v) is 7.74. The molecule has 0 aromatic heterocycles. The van der Waals surface area contributed by atoms with Crippen molar-refractivity contribution in [3.8, 4) is 5.75 Å². The molecule has 2 atom stereocenters. The highest BCUT2D eigenvalue weighted by atomic mass is 19.2. The summed E-state index contributed by atoms with van der Waals surface area (Å²) >= 11 is 0. The van der Waals surface area contributed by atoms with E-state index in [1.54, 1.807) is 0 Å². The topological polar surface area (TPSA) is 18.5 Å². The molecular formula is C23H25F5O2. The molecule has 3 rings (SSSR count). The second kappa shape index (κ2) is 10.2. The third-order valence-corrected chi connectivity index (χ3v) is 5.41. The number of unbranched alkanes of at least 4 members (excludes halogenated alkanes) is 2. The molecule has 0 bridgehead atoms. The maximum Gasteiger partial charge on any atom is 0.194 e. The minimum Gasteiger partial charge on any atom is -0.483 e. The lowest BCUT2D eigenvalue weighted by Gasteiger charge is -2.29. The van der Waals surface area contributed by atoms with E-state index in [1.807, 2.05) is 0 Å². The van der Waals surface area contributed by atoms with Gasteiger partial charge in [0.25, 0.3) is 0 Å². The Morgan fingerprint density at radius 2 is 1.57 bits per heavy atom. The van der Waals surface area contributed by atoms with E-state index in [4.69, 9.17) is 9.47 Å². The normalized spacial score (nSPS) is 19.1. The summed E-state index contributed by atoms with van der Waals surface area (Å²) in [7, 11) is 0. The average Bonchev–Trinajstić information content (AvgIpc) is 2.72. The Hall–Kier alpha value is -2.15. The molecule has 1 fully saturated rings. The molecule has 0 spiro atoms. The van der Waals surface area contributed by atoms with Crippen molar-refractivity contribution in [2.24, 2.45) is 5.92 Å². The lowest BCUT2D eigenvalue weighted by molar-refractivity contribution is -0.0202. The fourth-order valence-corrected chi connectivity index (χ4v) is 3.73. The number of halogens is 5. The van der Waals surface area contributed by atoms with E-state index < -0.39 is 41.4 Å². The third kappa shape index (κ3) is 5.50. The Morgan fingerprint density at radius 3 is 2.13 bits per heavy atom. The molecule has 164 valence electrons. The van der Waals surface area contributed by atoms with E-state index in [0.717, 1.165) is 49.9 Å². The van der Waals surface area contributed by atoms with Crippen molar-refractivity contribution >= 4 is 0 Å². The smallest absolute Gasteiger partial charge is 0.194 e. The van der Waals surface area contributed by atoms with Crippen molar-refractivity contribution in [2.75, 3.05) is 6.61 Å². The summed E-state index contributed by atoms with van der Waals surface area (Å²) in [5, 5.41) is 0. The van der Waals surface area contributed by atoms with Gasteiger partial charge in [0.2, 0.25) is 0 Å². The van der Waals surface area contributed by atoms with Crippen LogP contribution >= 0.6 is 0 Å².